The normalized spacial score (nSPS) is 13.8. The lowest BCUT2D eigenvalue weighted by molar-refractivity contribution is -0.119. The summed E-state index contributed by atoms with van der Waals surface area (Å²) in [5, 5.41) is 26.3. The van der Waals surface area contributed by atoms with Crippen LogP contribution >= 0.6 is 11.8 Å². The number of anilines is 1. The lowest BCUT2D eigenvalue weighted by Crippen LogP contribution is -2.46. The third-order valence-corrected chi connectivity index (χ3v) is 7.33. The quantitative estimate of drug-likeness (QED) is 0.450. The molecule has 2 amide bonds. The van der Waals surface area contributed by atoms with Gasteiger partial charge < -0.3 is 20.3 Å². The van der Waals surface area contributed by atoms with Crippen LogP contribution in [0.3, 0.4) is 0 Å². The van der Waals surface area contributed by atoms with Gasteiger partial charge in [0, 0.05) is 38.4 Å². The highest BCUT2D eigenvalue weighted by atomic mass is 32.2. The Morgan fingerprint density at radius 1 is 1.10 bits per heavy atom. The predicted octanol–water partition coefficient (Wildman–Crippen LogP) is 4.81. The number of hydrogen-bond donors (Lipinski definition) is 2. The molecule has 206 valence electrons. The Morgan fingerprint density at radius 3 is 2.26 bits per heavy atom. The van der Waals surface area contributed by atoms with Crippen LogP contribution in [0.15, 0.2) is 29.3 Å². The number of nitrogens with one attached hydrogen (secondary N) is 2. The van der Waals surface area contributed by atoms with Crippen LogP contribution in [0, 0.1) is 22.7 Å². The van der Waals surface area contributed by atoms with Crippen molar-refractivity contribution in [3.63, 3.8) is 0 Å². The Balaban J connectivity index is 1.76. The number of thioether (sulfide) groups is 1. The molecule has 3 rings (SSSR count). The highest BCUT2D eigenvalue weighted by Gasteiger charge is 2.28. The van der Waals surface area contributed by atoms with Crippen LogP contribution in [-0.2, 0) is 28.2 Å². The number of hydrogen-bond acceptors (Lipinski definition) is 8. The fourth-order valence-corrected chi connectivity index (χ4v) is 5.32. The number of nitrogens with zero attached hydrogens (tertiary/aromatic N) is 4. The molecule has 0 unspecified atom stereocenters. The van der Waals surface area contributed by atoms with Gasteiger partial charge in [0.15, 0.2) is 0 Å². The van der Waals surface area contributed by atoms with E-state index in [1.54, 1.807) is 0 Å². The number of carbonyl (C=O) groups excluding carboxylic acids is 2. The Labute approximate surface area is 234 Å². The standard InChI is InChI=1S/C29H36N6O3S/c1-6-23-24(15-30)26(35-13-11-22(12-14-35)33-28(37)38-29(3,4)5)34-27(25(23)16-31)39-18-21-9-7-20(8-10-21)17-32-19(2)36/h7-10,22H,6,11-14,17-18H2,1-5H3,(H,32,36)(H,33,37). The van der Waals surface area contributed by atoms with E-state index in [0.29, 0.717) is 72.2 Å². The van der Waals surface area contributed by atoms with Gasteiger partial charge in [-0.2, -0.15) is 10.5 Å². The van der Waals surface area contributed by atoms with Crippen LogP contribution in [-0.4, -0.2) is 41.7 Å². The molecule has 0 radical (unpaired) electrons. The van der Waals surface area contributed by atoms with Crippen molar-refractivity contribution in [3.8, 4) is 12.1 Å². The monoisotopic (exact) mass is 548 g/mol. The molecule has 1 fully saturated rings. The van der Waals surface area contributed by atoms with E-state index in [9.17, 15) is 20.1 Å². The van der Waals surface area contributed by atoms with E-state index >= 15 is 0 Å². The Morgan fingerprint density at radius 2 is 1.72 bits per heavy atom. The minimum Gasteiger partial charge on any atom is -0.444 e. The van der Waals surface area contributed by atoms with Crippen molar-refractivity contribution < 1.29 is 14.3 Å². The van der Waals surface area contributed by atoms with Crippen LogP contribution in [0.2, 0.25) is 0 Å². The van der Waals surface area contributed by atoms with Gasteiger partial charge in [-0.05, 0) is 56.7 Å². The van der Waals surface area contributed by atoms with Gasteiger partial charge in [0.2, 0.25) is 5.91 Å². The number of rotatable bonds is 8. The first-order chi connectivity index (χ1) is 18.5. The van der Waals surface area contributed by atoms with Crippen molar-refractivity contribution >= 4 is 29.6 Å². The average molecular weight is 549 g/mol. The van der Waals surface area contributed by atoms with Gasteiger partial charge in [-0.3, -0.25) is 4.79 Å². The Kier molecular flexibility index (Phi) is 10.2. The first kappa shape index (κ1) is 29.8. The molecule has 2 heterocycles. The van der Waals surface area contributed by atoms with Crippen molar-refractivity contribution in [2.75, 3.05) is 18.0 Å². The van der Waals surface area contributed by atoms with E-state index < -0.39 is 11.7 Å². The zero-order valence-electron chi connectivity index (χ0n) is 23.3. The number of nitriles is 2. The highest BCUT2D eigenvalue weighted by Crippen LogP contribution is 2.34. The van der Waals surface area contributed by atoms with Gasteiger partial charge >= 0.3 is 6.09 Å². The van der Waals surface area contributed by atoms with Gasteiger partial charge in [-0.1, -0.05) is 31.2 Å². The van der Waals surface area contributed by atoms with Crippen LogP contribution in [0.5, 0.6) is 0 Å². The minimum absolute atomic E-state index is 0.0203. The summed E-state index contributed by atoms with van der Waals surface area (Å²) in [5.74, 6) is 1.13. The number of benzene rings is 1. The molecule has 9 nitrogen and oxygen atoms in total. The molecule has 0 spiro atoms. The predicted molar refractivity (Wildman–Crippen MR) is 151 cm³/mol. The molecule has 0 atom stereocenters. The molecule has 1 aromatic carbocycles. The first-order valence-corrected chi connectivity index (χ1v) is 14.1. The number of piperidine rings is 1. The van der Waals surface area contributed by atoms with Crippen molar-refractivity contribution in [2.45, 2.75) is 82.8 Å². The summed E-state index contributed by atoms with van der Waals surface area (Å²) < 4.78 is 5.38. The summed E-state index contributed by atoms with van der Waals surface area (Å²) in [6, 6.07) is 12.5. The van der Waals surface area contributed by atoms with E-state index in [-0.39, 0.29) is 11.9 Å². The number of ether oxygens (including phenoxy) is 1. The van der Waals surface area contributed by atoms with Crippen molar-refractivity contribution in [3.05, 3.63) is 52.1 Å². The molecule has 1 aliphatic heterocycles. The van der Waals surface area contributed by atoms with Gasteiger partial charge in [-0.15, -0.1) is 11.8 Å². The lowest BCUT2D eigenvalue weighted by atomic mass is 10.00. The molecule has 0 aliphatic carbocycles. The van der Waals surface area contributed by atoms with Gasteiger partial charge in [0.25, 0.3) is 0 Å². The molecule has 1 aliphatic rings. The topological polar surface area (TPSA) is 131 Å². The number of alkyl carbamates (subject to hydrolysis) is 1. The van der Waals surface area contributed by atoms with Crippen molar-refractivity contribution in [1.29, 1.82) is 10.5 Å². The molecule has 10 heteroatoms. The SMILES string of the molecule is CCc1c(C#N)c(SCc2ccc(CNC(C)=O)cc2)nc(N2CCC(NC(=O)OC(C)(C)C)CC2)c1C#N. The van der Waals surface area contributed by atoms with E-state index in [0.717, 1.165) is 11.1 Å². The second-order valence-corrected chi connectivity index (χ2v) is 11.4. The largest absolute Gasteiger partial charge is 0.444 e. The number of amides is 2. The van der Waals surface area contributed by atoms with Crippen molar-refractivity contribution in [1.82, 2.24) is 15.6 Å². The zero-order valence-corrected chi connectivity index (χ0v) is 24.1. The number of aromatic nitrogens is 1. The average Bonchev–Trinajstić information content (AvgIpc) is 2.89. The van der Waals surface area contributed by atoms with Crippen LogP contribution < -0.4 is 15.5 Å². The van der Waals surface area contributed by atoms with Crippen LogP contribution in [0.1, 0.15) is 75.3 Å². The fourth-order valence-electron chi connectivity index (χ4n) is 4.36. The van der Waals surface area contributed by atoms with Gasteiger partial charge in [0.1, 0.15) is 28.6 Å². The summed E-state index contributed by atoms with van der Waals surface area (Å²) in [7, 11) is 0. The third kappa shape index (κ3) is 8.36. The molecule has 39 heavy (non-hydrogen) atoms. The van der Waals surface area contributed by atoms with Crippen molar-refractivity contribution in [2.24, 2.45) is 0 Å². The maximum absolute atomic E-state index is 12.2. The van der Waals surface area contributed by atoms with Gasteiger partial charge in [0.05, 0.1) is 11.1 Å². The maximum atomic E-state index is 12.2. The molecular weight excluding hydrogens is 512 g/mol. The smallest absolute Gasteiger partial charge is 0.407 e. The minimum atomic E-state index is -0.557. The Hall–Kier alpha value is -3.76. The second kappa shape index (κ2) is 13.3. The number of pyridine rings is 1. The second-order valence-electron chi connectivity index (χ2n) is 10.5. The summed E-state index contributed by atoms with van der Waals surface area (Å²) in [6.45, 7) is 10.7. The molecular formula is C29H36N6O3S. The lowest BCUT2D eigenvalue weighted by Gasteiger charge is -2.34. The summed E-state index contributed by atoms with van der Waals surface area (Å²) in [5.41, 5.74) is 3.12. The molecule has 2 N–H and O–H groups in total. The molecule has 1 saturated heterocycles. The first-order valence-electron chi connectivity index (χ1n) is 13.1. The highest BCUT2D eigenvalue weighted by molar-refractivity contribution is 7.98. The van der Waals surface area contributed by atoms with E-state index in [4.69, 9.17) is 9.72 Å². The molecule has 0 saturated carbocycles. The maximum Gasteiger partial charge on any atom is 0.407 e. The molecule has 1 aromatic heterocycles. The summed E-state index contributed by atoms with van der Waals surface area (Å²) in [6.07, 6.45) is 1.51. The van der Waals surface area contributed by atoms with E-state index in [2.05, 4.69) is 27.7 Å². The fraction of sp³-hybridized carbons (Fsp3) is 0.483. The Bertz CT molecular complexity index is 1270. The molecule has 0 bridgehead atoms. The van der Waals surface area contributed by atoms with Crippen LogP contribution in [0.4, 0.5) is 10.6 Å². The van der Waals surface area contributed by atoms with Gasteiger partial charge in [-0.25, -0.2) is 9.78 Å². The van der Waals surface area contributed by atoms with Crippen LogP contribution in [0.25, 0.3) is 0 Å². The summed E-state index contributed by atoms with van der Waals surface area (Å²) in [4.78, 5) is 30.3. The van der Waals surface area contributed by atoms with E-state index in [1.165, 1.54) is 18.7 Å². The zero-order chi connectivity index (χ0) is 28.6. The third-order valence-electron chi connectivity index (χ3n) is 6.28. The van der Waals surface area contributed by atoms with E-state index in [1.807, 2.05) is 52.0 Å². The summed E-state index contributed by atoms with van der Waals surface area (Å²) >= 11 is 1.48. The number of carbonyl (C=O) groups is 2. The molecule has 2 aromatic rings.